The van der Waals surface area contributed by atoms with Gasteiger partial charge < -0.3 is 10.2 Å². The Morgan fingerprint density at radius 1 is 1.41 bits per heavy atom. The first-order chi connectivity index (χ1) is 8.17. The van der Waals surface area contributed by atoms with Crippen molar-refractivity contribution in [2.75, 3.05) is 18.5 Å². The summed E-state index contributed by atoms with van der Waals surface area (Å²) in [5, 5.41) is 0. The number of hydrazine groups is 1. The number of nitrogen functional groups attached to an aromatic ring is 1. The van der Waals surface area contributed by atoms with Crippen LogP contribution in [-0.2, 0) is 11.3 Å². The molecule has 2 heterocycles. The molecule has 5 heteroatoms. The molecule has 2 atom stereocenters. The van der Waals surface area contributed by atoms with E-state index < -0.39 is 0 Å². The molecule has 0 unspecified atom stereocenters. The van der Waals surface area contributed by atoms with Crippen molar-refractivity contribution in [3.05, 3.63) is 23.9 Å². The molecule has 0 radical (unpaired) electrons. The van der Waals surface area contributed by atoms with Crippen LogP contribution in [-0.4, -0.2) is 35.2 Å². The number of nitrogens with zero attached hydrogens (tertiary/aromatic N) is 2. The van der Waals surface area contributed by atoms with Crippen molar-refractivity contribution < 1.29 is 4.74 Å². The van der Waals surface area contributed by atoms with Crippen LogP contribution in [0.25, 0.3) is 0 Å². The van der Waals surface area contributed by atoms with Gasteiger partial charge in [0, 0.05) is 19.6 Å². The van der Waals surface area contributed by atoms with Gasteiger partial charge in [-0.15, -0.1) is 0 Å². The maximum absolute atomic E-state index is 5.70. The second-order valence-electron chi connectivity index (χ2n) is 4.61. The second kappa shape index (κ2) is 5.44. The van der Waals surface area contributed by atoms with E-state index >= 15 is 0 Å². The van der Waals surface area contributed by atoms with Gasteiger partial charge in [0.05, 0.1) is 17.9 Å². The lowest BCUT2D eigenvalue weighted by molar-refractivity contribution is -0.0707. The zero-order chi connectivity index (χ0) is 12.3. The van der Waals surface area contributed by atoms with Crippen molar-refractivity contribution in [2.45, 2.75) is 32.6 Å². The predicted octanol–water partition coefficient (Wildman–Crippen LogP) is 0.976. The van der Waals surface area contributed by atoms with E-state index in [1.165, 1.54) is 0 Å². The van der Waals surface area contributed by atoms with Gasteiger partial charge in [-0.3, -0.25) is 4.90 Å². The van der Waals surface area contributed by atoms with E-state index in [4.69, 9.17) is 10.6 Å². The average Bonchev–Trinajstić information content (AvgIpc) is 2.28. The number of ether oxygens (including phenoxy) is 1. The molecule has 1 aromatic heterocycles. The number of aromatic nitrogens is 1. The SMILES string of the molecule is C[C@@H]1CN(Cc2cccc(NN)n2)C[C@H](C)O1. The summed E-state index contributed by atoms with van der Waals surface area (Å²) in [4.78, 5) is 6.78. The fourth-order valence-corrected chi connectivity index (χ4v) is 2.29. The Labute approximate surface area is 102 Å². The van der Waals surface area contributed by atoms with Gasteiger partial charge in [-0.1, -0.05) is 6.07 Å². The van der Waals surface area contributed by atoms with E-state index in [2.05, 4.69) is 29.2 Å². The van der Waals surface area contributed by atoms with E-state index in [0.717, 1.165) is 25.3 Å². The largest absolute Gasteiger partial charge is 0.373 e. The molecule has 2 rings (SSSR count). The molecule has 0 aromatic carbocycles. The number of rotatable bonds is 3. The summed E-state index contributed by atoms with van der Waals surface area (Å²) in [5.74, 6) is 6.06. The van der Waals surface area contributed by atoms with E-state index in [1.54, 1.807) is 0 Å². The molecule has 1 aliphatic heterocycles. The van der Waals surface area contributed by atoms with E-state index in [0.29, 0.717) is 5.82 Å². The van der Waals surface area contributed by atoms with Crippen LogP contribution in [0, 0.1) is 0 Å². The highest BCUT2D eigenvalue weighted by atomic mass is 16.5. The lowest BCUT2D eigenvalue weighted by Gasteiger charge is -2.35. The summed E-state index contributed by atoms with van der Waals surface area (Å²) < 4.78 is 5.70. The summed E-state index contributed by atoms with van der Waals surface area (Å²) in [6.07, 6.45) is 0.573. The van der Waals surface area contributed by atoms with Crippen LogP contribution < -0.4 is 11.3 Å². The van der Waals surface area contributed by atoms with Gasteiger partial charge in [0.15, 0.2) is 0 Å². The van der Waals surface area contributed by atoms with Crippen molar-refractivity contribution in [2.24, 2.45) is 5.84 Å². The Morgan fingerprint density at radius 3 is 2.76 bits per heavy atom. The van der Waals surface area contributed by atoms with Crippen molar-refractivity contribution >= 4 is 5.82 Å². The number of nitrogens with two attached hydrogens (primary N) is 1. The maximum Gasteiger partial charge on any atom is 0.140 e. The molecule has 1 aliphatic rings. The topological polar surface area (TPSA) is 63.4 Å². The molecule has 0 amide bonds. The fraction of sp³-hybridized carbons (Fsp3) is 0.583. The Bertz CT molecular complexity index is 361. The third-order valence-electron chi connectivity index (χ3n) is 2.84. The van der Waals surface area contributed by atoms with E-state index in [9.17, 15) is 0 Å². The zero-order valence-electron chi connectivity index (χ0n) is 10.4. The monoisotopic (exact) mass is 236 g/mol. The van der Waals surface area contributed by atoms with Crippen LogP contribution in [0.2, 0.25) is 0 Å². The molecule has 1 aromatic rings. The van der Waals surface area contributed by atoms with Gasteiger partial charge in [-0.2, -0.15) is 0 Å². The van der Waals surface area contributed by atoms with Gasteiger partial charge in [0.2, 0.25) is 0 Å². The quantitative estimate of drug-likeness (QED) is 0.605. The number of nitrogens with one attached hydrogen (secondary N) is 1. The van der Waals surface area contributed by atoms with Crippen molar-refractivity contribution in [1.29, 1.82) is 0 Å². The Morgan fingerprint density at radius 2 is 2.12 bits per heavy atom. The first kappa shape index (κ1) is 12.3. The maximum atomic E-state index is 5.70. The number of hydrogen-bond acceptors (Lipinski definition) is 5. The summed E-state index contributed by atoms with van der Waals surface area (Å²) in [6, 6.07) is 5.84. The van der Waals surface area contributed by atoms with Gasteiger partial charge in [-0.05, 0) is 26.0 Å². The van der Waals surface area contributed by atoms with Crippen LogP contribution in [0.4, 0.5) is 5.82 Å². The molecule has 5 nitrogen and oxygen atoms in total. The van der Waals surface area contributed by atoms with Crippen LogP contribution in [0.15, 0.2) is 18.2 Å². The molecule has 0 bridgehead atoms. The lowest BCUT2D eigenvalue weighted by Crippen LogP contribution is -2.44. The van der Waals surface area contributed by atoms with Crippen LogP contribution in [0.5, 0.6) is 0 Å². The van der Waals surface area contributed by atoms with Gasteiger partial charge >= 0.3 is 0 Å². The summed E-state index contributed by atoms with van der Waals surface area (Å²) in [6.45, 7) is 6.95. The first-order valence-corrected chi connectivity index (χ1v) is 5.97. The standard InChI is InChI=1S/C12H20N4O/c1-9-6-16(7-10(2)17-9)8-11-4-3-5-12(14-11)15-13/h3-5,9-10H,6-8,13H2,1-2H3,(H,14,15)/t9-,10+. The normalized spacial score (nSPS) is 25.8. The highest BCUT2D eigenvalue weighted by molar-refractivity contribution is 5.33. The van der Waals surface area contributed by atoms with Crippen molar-refractivity contribution in [1.82, 2.24) is 9.88 Å². The lowest BCUT2D eigenvalue weighted by atomic mass is 10.2. The minimum absolute atomic E-state index is 0.287. The molecular formula is C12H20N4O. The Hall–Kier alpha value is -1.17. The Kier molecular flexibility index (Phi) is 3.93. The molecule has 94 valence electrons. The summed E-state index contributed by atoms with van der Waals surface area (Å²) in [5.41, 5.74) is 3.60. The first-order valence-electron chi connectivity index (χ1n) is 5.97. The minimum Gasteiger partial charge on any atom is -0.373 e. The molecule has 1 fully saturated rings. The molecule has 1 saturated heterocycles. The van der Waals surface area contributed by atoms with Gasteiger partial charge in [-0.25, -0.2) is 10.8 Å². The summed E-state index contributed by atoms with van der Waals surface area (Å²) in [7, 11) is 0. The van der Waals surface area contributed by atoms with E-state index in [1.807, 2.05) is 18.2 Å². The molecular weight excluding hydrogens is 216 g/mol. The third kappa shape index (κ3) is 3.39. The molecule has 17 heavy (non-hydrogen) atoms. The minimum atomic E-state index is 0.287. The van der Waals surface area contributed by atoms with Gasteiger partial charge in [0.1, 0.15) is 5.82 Å². The smallest absolute Gasteiger partial charge is 0.140 e. The number of anilines is 1. The predicted molar refractivity (Wildman–Crippen MR) is 67.3 cm³/mol. The second-order valence-corrected chi connectivity index (χ2v) is 4.61. The molecule has 0 saturated carbocycles. The third-order valence-corrected chi connectivity index (χ3v) is 2.84. The Balaban J connectivity index is 1.99. The summed E-state index contributed by atoms with van der Waals surface area (Å²) >= 11 is 0. The van der Waals surface area contributed by atoms with Crippen LogP contribution in [0.3, 0.4) is 0 Å². The average molecular weight is 236 g/mol. The van der Waals surface area contributed by atoms with Crippen molar-refractivity contribution in [3.63, 3.8) is 0 Å². The van der Waals surface area contributed by atoms with Crippen LogP contribution in [0.1, 0.15) is 19.5 Å². The fourth-order valence-electron chi connectivity index (χ4n) is 2.29. The number of pyridine rings is 1. The van der Waals surface area contributed by atoms with Crippen LogP contribution >= 0.6 is 0 Å². The molecule has 0 aliphatic carbocycles. The molecule has 0 spiro atoms. The van der Waals surface area contributed by atoms with Crippen molar-refractivity contribution in [3.8, 4) is 0 Å². The highest BCUT2D eigenvalue weighted by Gasteiger charge is 2.22. The van der Waals surface area contributed by atoms with Gasteiger partial charge in [0.25, 0.3) is 0 Å². The zero-order valence-corrected chi connectivity index (χ0v) is 10.4. The number of morpholine rings is 1. The number of hydrogen-bond donors (Lipinski definition) is 2. The van der Waals surface area contributed by atoms with E-state index in [-0.39, 0.29) is 12.2 Å². The molecule has 3 N–H and O–H groups in total. The highest BCUT2D eigenvalue weighted by Crippen LogP contribution is 2.14.